The Labute approximate surface area is 98.5 Å². The smallest absolute Gasteiger partial charge is 0.0784 e. The van der Waals surface area contributed by atoms with Gasteiger partial charge in [0.2, 0.25) is 0 Å². The van der Waals surface area contributed by atoms with E-state index in [9.17, 15) is 0 Å². The lowest BCUT2D eigenvalue weighted by atomic mass is 10.2. The molecule has 1 nitrogen and oxygen atoms in total. The molecule has 0 amide bonds. The highest BCUT2D eigenvalue weighted by atomic mass is 15.3. The maximum absolute atomic E-state index is 2.45. The molecular weight excluding hydrogens is 182 g/mol. The zero-order valence-corrected chi connectivity index (χ0v) is 10.8. The topological polar surface area (TPSA) is 0 Å². The standard InChI is InChI=1S/C13H30N.CH4/c1-5-8-11-14(4,12-9-6-2)13-10-7-3;/h5-13H2,1-4H3;1H4/q+1;. The fourth-order valence-corrected chi connectivity index (χ4v) is 1.95. The van der Waals surface area contributed by atoms with Crippen molar-refractivity contribution in [3.63, 3.8) is 0 Å². The van der Waals surface area contributed by atoms with E-state index in [1.165, 1.54) is 62.6 Å². The largest absolute Gasteiger partial charge is 0.326 e. The number of hydrogen-bond donors (Lipinski definition) is 0. The molecule has 0 radical (unpaired) electrons. The number of quaternary nitrogens is 1. The van der Waals surface area contributed by atoms with E-state index in [0.29, 0.717) is 0 Å². The lowest BCUT2D eigenvalue weighted by Gasteiger charge is -2.34. The molecule has 0 aromatic carbocycles. The molecule has 94 valence electrons. The first kappa shape index (κ1) is 17.4. The molecule has 0 atom stereocenters. The fourth-order valence-electron chi connectivity index (χ4n) is 1.95. The Hall–Kier alpha value is -0.0400. The van der Waals surface area contributed by atoms with Crippen molar-refractivity contribution in [3.05, 3.63) is 0 Å². The van der Waals surface area contributed by atoms with E-state index in [-0.39, 0.29) is 7.43 Å². The van der Waals surface area contributed by atoms with Gasteiger partial charge < -0.3 is 4.48 Å². The van der Waals surface area contributed by atoms with E-state index in [1.807, 2.05) is 0 Å². The molecule has 0 N–H and O–H groups in total. The molecule has 1 heteroatoms. The SMILES string of the molecule is C.CCCC[N+](C)(CCCC)CCCC. The Morgan fingerprint density at radius 1 is 0.667 bits per heavy atom. The first-order valence-corrected chi connectivity index (χ1v) is 6.52. The molecular formula is C14H34N+. The van der Waals surface area contributed by atoms with E-state index < -0.39 is 0 Å². The maximum atomic E-state index is 2.45. The van der Waals surface area contributed by atoms with E-state index in [4.69, 9.17) is 0 Å². The summed E-state index contributed by atoms with van der Waals surface area (Å²) in [5.41, 5.74) is 0. The normalized spacial score (nSPS) is 11.2. The van der Waals surface area contributed by atoms with Crippen LogP contribution in [0, 0.1) is 0 Å². The summed E-state index contributed by atoms with van der Waals surface area (Å²) >= 11 is 0. The molecule has 0 aliphatic heterocycles. The molecule has 0 rings (SSSR count). The highest BCUT2D eigenvalue weighted by Crippen LogP contribution is 2.10. The lowest BCUT2D eigenvalue weighted by Crippen LogP contribution is -2.46. The predicted octanol–water partition coefficient (Wildman–Crippen LogP) is 4.47. The zero-order chi connectivity index (χ0) is 10.9. The second-order valence-electron chi connectivity index (χ2n) is 4.85. The monoisotopic (exact) mass is 216 g/mol. The van der Waals surface area contributed by atoms with Gasteiger partial charge in [0, 0.05) is 0 Å². The summed E-state index contributed by atoms with van der Waals surface area (Å²) in [6, 6.07) is 0. The minimum atomic E-state index is 0. The summed E-state index contributed by atoms with van der Waals surface area (Å²) in [4.78, 5) is 0. The maximum Gasteiger partial charge on any atom is 0.0784 e. The number of nitrogens with zero attached hydrogens (tertiary/aromatic N) is 1. The number of unbranched alkanes of at least 4 members (excludes halogenated alkanes) is 3. The van der Waals surface area contributed by atoms with Gasteiger partial charge in [-0.05, 0) is 19.3 Å². The van der Waals surface area contributed by atoms with E-state index >= 15 is 0 Å². The van der Waals surface area contributed by atoms with Gasteiger partial charge in [0.1, 0.15) is 0 Å². The van der Waals surface area contributed by atoms with Crippen LogP contribution in [-0.2, 0) is 0 Å². The Bertz CT molecular complexity index is 98.7. The van der Waals surface area contributed by atoms with Crippen LogP contribution in [0.25, 0.3) is 0 Å². The molecule has 0 aromatic heterocycles. The summed E-state index contributed by atoms with van der Waals surface area (Å²) in [5.74, 6) is 0. The van der Waals surface area contributed by atoms with Crippen LogP contribution in [0.1, 0.15) is 66.7 Å². The van der Waals surface area contributed by atoms with Crippen molar-refractivity contribution in [1.29, 1.82) is 0 Å². The van der Waals surface area contributed by atoms with Gasteiger partial charge in [-0.15, -0.1) is 0 Å². The fraction of sp³-hybridized carbons (Fsp3) is 1.00. The van der Waals surface area contributed by atoms with Gasteiger partial charge in [-0.3, -0.25) is 0 Å². The first-order chi connectivity index (χ1) is 6.68. The zero-order valence-electron chi connectivity index (χ0n) is 10.8. The first-order valence-electron chi connectivity index (χ1n) is 6.52. The van der Waals surface area contributed by atoms with Gasteiger partial charge >= 0.3 is 0 Å². The van der Waals surface area contributed by atoms with Gasteiger partial charge in [0.15, 0.2) is 0 Å². The van der Waals surface area contributed by atoms with Crippen molar-refractivity contribution in [2.45, 2.75) is 66.7 Å². The minimum absolute atomic E-state index is 0. The Morgan fingerprint density at radius 2 is 0.933 bits per heavy atom. The second-order valence-corrected chi connectivity index (χ2v) is 4.85. The highest BCUT2D eigenvalue weighted by molar-refractivity contribution is 4.43. The van der Waals surface area contributed by atoms with Gasteiger partial charge in [-0.2, -0.15) is 0 Å². The van der Waals surface area contributed by atoms with E-state index in [0.717, 1.165) is 0 Å². The minimum Gasteiger partial charge on any atom is -0.326 e. The van der Waals surface area contributed by atoms with Crippen molar-refractivity contribution in [2.75, 3.05) is 26.7 Å². The average molecular weight is 216 g/mol. The predicted molar refractivity (Wildman–Crippen MR) is 72.2 cm³/mol. The molecule has 15 heavy (non-hydrogen) atoms. The van der Waals surface area contributed by atoms with Gasteiger partial charge in [-0.1, -0.05) is 47.5 Å². The quantitative estimate of drug-likeness (QED) is 0.499. The van der Waals surface area contributed by atoms with Crippen molar-refractivity contribution >= 4 is 0 Å². The van der Waals surface area contributed by atoms with E-state index in [1.54, 1.807) is 0 Å². The summed E-state index contributed by atoms with van der Waals surface area (Å²) in [5, 5.41) is 0. The van der Waals surface area contributed by atoms with E-state index in [2.05, 4.69) is 27.8 Å². The van der Waals surface area contributed by atoms with Gasteiger partial charge in [0.05, 0.1) is 26.7 Å². The van der Waals surface area contributed by atoms with Crippen LogP contribution in [0.4, 0.5) is 0 Å². The summed E-state index contributed by atoms with van der Waals surface area (Å²) in [6.45, 7) is 11.0. The Balaban J connectivity index is 0. The molecule has 0 aromatic rings. The molecule has 0 bridgehead atoms. The Morgan fingerprint density at radius 3 is 1.13 bits per heavy atom. The van der Waals surface area contributed by atoms with Crippen LogP contribution in [0.5, 0.6) is 0 Å². The summed E-state index contributed by atoms with van der Waals surface area (Å²) in [6.07, 6.45) is 8.20. The van der Waals surface area contributed by atoms with Crippen LogP contribution in [0.3, 0.4) is 0 Å². The van der Waals surface area contributed by atoms with Crippen LogP contribution < -0.4 is 0 Å². The molecule has 0 fully saturated rings. The van der Waals surface area contributed by atoms with Crippen molar-refractivity contribution in [1.82, 2.24) is 0 Å². The van der Waals surface area contributed by atoms with Crippen LogP contribution >= 0.6 is 0 Å². The van der Waals surface area contributed by atoms with Crippen LogP contribution in [-0.4, -0.2) is 31.2 Å². The average Bonchev–Trinajstić information content (AvgIpc) is 2.21. The molecule has 0 heterocycles. The van der Waals surface area contributed by atoms with Crippen molar-refractivity contribution in [2.24, 2.45) is 0 Å². The van der Waals surface area contributed by atoms with Crippen molar-refractivity contribution < 1.29 is 4.48 Å². The molecule has 0 aliphatic carbocycles. The van der Waals surface area contributed by atoms with Crippen LogP contribution in [0.2, 0.25) is 0 Å². The van der Waals surface area contributed by atoms with Gasteiger partial charge in [-0.25, -0.2) is 0 Å². The molecule has 0 unspecified atom stereocenters. The summed E-state index contributed by atoms with van der Waals surface area (Å²) < 4.78 is 1.32. The summed E-state index contributed by atoms with van der Waals surface area (Å²) in [7, 11) is 2.45. The third-order valence-electron chi connectivity index (χ3n) is 3.15. The molecule has 0 spiro atoms. The third kappa shape index (κ3) is 8.92. The van der Waals surface area contributed by atoms with Gasteiger partial charge in [0.25, 0.3) is 0 Å². The van der Waals surface area contributed by atoms with Crippen LogP contribution in [0.15, 0.2) is 0 Å². The number of rotatable bonds is 9. The second kappa shape index (κ2) is 10.5. The van der Waals surface area contributed by atoms with Crippen molar-refractivity contribution in [3.8, 4) is 0 Å². The number of hydrogen-bond acceptors (Lipinski definition) is 0. The third-order valence-corrected chi connectivity index (χ3v) is 3.15. The molecule has 0 aliphatic rings. The lowest BCUT2D eigenvalue weighted by molar-refractivity contribution is -0.910. The molecule has 0 saturated heterocycles. The Kier molecular flexibility index (Phi) is 12.1. The molecule has 0 saturated carbocycles. The highest BCUT2D eigenvalue weighted by Gasteiger charge is 2.18.